The Kier molecular flexibility index (Phi) is 5.84. The molecule has 1 atom stereocenters. The standard InChI is InChI=1S/C23H23FN6O2S/c1-14(33-23-26-27-28-30(23)17-11-12-17)22(32)29-13-3-4-18-19(5-2-6-20(18)29)25-21(31)15-7-9-16(24)10-8-15/h2,5-10,14,17H,3-4,11-13H2,1H3,(H,25,31). The van der Waals surface area contributed by atoms with Gasteiger partial charge in [0.1, 0.15) is 5.82 Å². The molecule has 1 unspecified atom stereocenters. The fourth-order valence-corrected chi connectivity index (χ4v) is 4.93. The summed E-state index contributed by atoms with van der Waals surface area (Å²) in [5.41, 5.74) is 2.76. The van der Waals surface area contributed by atoms with Gasteiger partial charge < -0.3 is 10.2 Å². The Morgan fingerprint density at radius 3 is 2.73 bits per heavy atom. The number of amides is 2. The Hall–Kier alpha value is -3.27. The molecule has 1 saturated carbocycles. The van der Waals surface area contributed by atoms with Crippen LogP contribution in [0.1, 0.15) is 48.1 Å². The van der Waals surface area contributed by atoms with E-state index >= 15 is 0 Å². The lowest BCUT2D eigenvalue weighted by Gasteiger charge is -2.32. The third kappa shape index (κ3) is 4.47. The van der Waals surface area contributed by atoms with E-state index in [0.29, 0.717) is 29.0 Å². The fraction of sp³-hybridized carbons (Fsp3) is 0.348. The summed E-state index contributed by atoms with van der Waals surface area (Å²) < 4.78 is 15.0. The molecule has 1 fully saturated rings. The van der Waals surface area contributed by atoms with Crippen LogP contribution in [0.25, 0.3) is 0 Å². The predicted octanol–water partition coefficient (Wildman–Crippen LogP) is 3.86. The molecule has 1 aromatic heterocycles. The number of halogens is 1. The first-order valence-electron chi connectivity index (χ1n) is 11.0. The summed E-state index contributed by atoms with van der Waals surface area (Å²) in [5.74, 6) is -0.730. The maximum Gasteiger partial charge on any atom is 0.255 e. The average Bonchev–Trinajstić information content (AvgIpc) is 3.57. The van der Waals surface area contributed by atoms with Crippen LogP contribution >= 0.6 is 11.8 Å². The molecule has 2 aliphatic rings. The second kappa shape index (κ2) is 8.93. The molecule has 1 N–H and O–H groups in total. The number of thioether (sulfide) groups is 1. The Morgan fingerprint density at radius 2 is 1.97 bits per heavy atom. The smallest absolute Gasteiger partial charge is 0.255 e. The van der Waals surface area contributed by atoms with Crippen molar-refractivity contribution >= 4 is 35.0 Å². The van der Waals surface area contributed by atoms with Crippen LogP contribution in [0.2, 0.25) is 0 Å². The summed E-state index contributed by atoms with van der Waals surface area (Å²) in [6.07, 6.45) is 3.67. The maximum absolute atomic E-state index is 13.4. The van der Waals surface area contributed by atoms with E-state index in [1.165, 1.54) is 36.0 Å². The molecular formula is C23H23FN6O2S. The van der Waals surface area contributed by atoms with Gasteiger partial charge in [0.2, 0.25) is 11.1 Å². The number of hydrogen-bond acceptors (Lipinski definition) is 6. The molecule has 5 rings (SSSR count). The lowest BCUT2D eigenvalue weighted by Crippen LogP contribution is -2.40. The maximum atomic E-state index is 13.4. The van der Waals surface area contributed by atoms with Crippen molar-refractivity contribution in [1.29, 1.82) is 0 Å². The highest BCUT2D eigenvalue weighted by Crippen LogP contribution is 2.38. The Bertz CT molecular complexity index is 1190. The molecule has 2 aromatic carbocycles. The number of carbonyl (C=O) groups excluding carboxylic acids is 2. The van der Waals surface area contributed by atoms with Gasteiger partial charge in [-0.25, -0.2) is 9.07 Å². The predicted molar refractivity (Wildman–Crippen MR) is 123 cm³/mol. The lowest BCUT2D eigenvalue weighted by molar-refractivity contribution is -0.117. The molecule has 0 spiro atoms. The van der Waals surface area contributed by atoms with E-state index in [-0.39, 0.29) is 17.1 Å². The quantitative estimate of drug-likeness (QED) is 0.555. The molecule has 170 valence electrons. The first-order valence-corrected chi connectivity index (χ1v) is 11.8. The van der Waals surface area contributed by atoms with Gasteiger partial charge in [0.15, 0.2) is 0 Å². The van der Waals surface area contributed by atoms with E-state index in [1.54, 1.807) is 4.90 Å². The number of fused-ring (bicyclic) bond motifs is 1. The van der Waals surface area contributed by atoms with E-state index in [4.69, 9.17) is 0 Å². The van der Waals surface area contributed by atoms with Crippen LogP contribution in [0, 0.1) is 5.82 Å². The molecule has 0 radical (unpaired) electrons. The highest BCUT2D eigenvalue weighted by Gasteiger charge is 2.32. The van der Waals surface area contributed by atoms with Crippen molar-refractivity contribution in [2.45, 2.75) is 49.1 Å². The van der Waals surface area contributed by atoms with Gasteiger partial charge in [-0.3, -0.25) is 9.59 Å². The zero-order valence-electron chi connectivity index (χ0n) is 18.1. The Labute approximate surface area is 194 Å². The Morgan fingerprint density at radius 1 is 1.18 bits per heavy atom. The molecule has 8 nitrogen and oxygen atoms in total. The highest BCUT2D eigenvalue weighted by molar-refractivity contribution is 8.00. The molecule has 10 heteroatoms. The zero-order valence-corrected chi connectivity index (χ0v) is 18.9. The van der Waals surface area contributed by atoms with Gasteiger partial charge in [0.05, 0.1) is 11.3 Å². The van der Waals surface area contributed by atoms with Gasteiger partial charge in [-0.05, 0) is 85.0 Å². The molecule has 1 aliphatic carbocycles. The van der Waals surface area contributed by atoms with Crippen LogP contribution in [-0.4, -0.2) is 43.8 Å². The summed E-state index contributed by atoms with van der Waals surface area (Å²) in [6.45, 7) is 2.48. The van der Waals surface area contributed by atoms with Crippen LogP contribution in [-0.2, 0) is 11.2 Å². The molecule has 33 heavy (non-hydrogen) atoms. The summed E-state index contributed by atoms with van der Waals surface area (Å²) in [6, 6.07) is 11.3. The Balaban J connectivity index is 1.34. The number of nitrogens with one attached hydrogen (secondary N) is 1. The van der Waals surface area contributed by atoms with E-state index in [0.717, 1.165) is 36.9 Å². The molecule has 0 bridgehead atoms. The first-order chi connectivity index (χ1) is 16.0. The normalized spacial score (nSPS) is 16.2. The SMILES string of the molecule is CC(Sc1nnnn1C1CC1)C(=O)N1CCCc2c(NC(=O)c3ccc(F)cc3)cccc21. The number of tetrazole rings is 1. The van der Waals surface area contributed by atoms with Crippen LogP contribution in [0.15, 0.2) is 47.6 Å². The minimum atomic E-state index is -0.393. The molecular weight excluding hydrogens is 443 g/mol. The van der Waals surface area contributed by atoms with Crippen molar-refractivity contribution in [2.24, 2.45) is 0 Å². The monoisotopic (exact) mass is 466 g/mol. The topological polar surface area (TPSA) is 93.0 Å². The summed E-state index contributed by atoms with van der Waals surface area (Å²) in [4.78, 5) is 27.8. The number of nitrogens with zero attached hydrogens (tertiary/aromatic N) is 5. The lowest BCUT2D eigenvalue weighted by atomic mass is 9.99. The second-order valence-electron chi connectivity index (χ2n) is 8.25. The minimum absolute atomic E-state index is 0.0201. The van der Waals surface area contributed by atoms with Gasteiger partial charge in [-0.15, -0.1) is 5.10 Å². The number of anilines is 2. The van der Waals surface area contributed by atoms with Gasteiger partial charge >= 0.3 is 0 Å². The zero-order chi connectivity index (χ0) is 22.9. The van der Waals surface area contributed by atoms with Crippen molar-refractivity contribution < 1.29 is 14.0 Å². The fourth-order valence-electron chi connectivity index (χ4n) is 4.01. The van der Waals surface area contributed by atoms with Gasteiger partial charge in [0, 0.05) is 23.5 Å². The van der Waals surface area contributed by atoms with E-state index < -0.39 is 5.82 Å². The summed E-state index contributed by atoms with van der Waals surface area (Å²) in [7, 11) is 0. The van der Waals surface area contributed by atoms with Crippen molar-refractivity contribution in [3.63, 3.8) is 0 Å². The van der Waals surface area contributed by atoms with Crippen molar-refractivity contribution in [3.05, 3.63) is 59.4 Å². The molecule has 1 aliphatic heterocycles. The van der Waals surface area contributed by atoms with E-state index in [2.05, 4.69) is 20.8 Å². The summed E-state index contributed by atoms with van der Waals surface area (Å²) in [5, 5.41) is 15.1. The van der Waals surface area contributed by atoms with Crippen LogP contribution in [0.5, 0.6) is 0 Å². The van der Waals surface area contributed by atoms with Gasteiger partial charge in [-0.1, -0.05) is 17.8 Å². The number of aromatic nitrogens is 4. The first kappa shape index (κ1) is 21.6. The van der Waals surface area contributed by atoms with E-state index in [9.17, 15) is 14.0 Å². The van der Waals surface area contributed by atoms with Crippen molar-refractivity contribution in [2.75, 3.05) is 16.8 Å². The van der Waals surface area contributed by atoms with Crippen molar-refractivity contribution in [3.8, 4) is 0 Å². The van der Waals surface area contributed by atoms with Gasteiger partial charge in [0.25, 0.3) is 5.91 Å². The summed E-state index contributed by atoms with van der Waals surface area (Å²) >= 11 is 1.37. The number of rotatable bonds is 6. The third-order valence-corrected chi connectivity index (χ3v) is 6.89. The number of hydrogen-bond donors (Lipinski definition) is 1. The second-order valence-corrected chi connectivity index (χ2v) is 9.56. The number of carbonyl (C=O) groups is 2. The van der Waals surface area contributed by atoms with Crippen molar-refractivity contribution in [1.82, 2.24) is 20.2 Å². The highest BCUT2D eigenvalue weighted by atomic mass is 32.2. The van der Waals surface area contributed by atoms with Crippen LogP contribution in [0.3, 0.4) is 0 Å². The third-order valence-electron chi connectivity index (χ3n) is 5.86. The van der Waals surface area contributed by atoms with Crippen LogP contribution < -0.4 is 10.2 Å². The molecule has 2 amide bonds. The van der Waals surface area contributed by atoms with Gasteiger partial charge in [-0.2, -0.15) is 0 Å². The van der Waals surface area contributed by atoms with E-state index in [1.807, 2.05) is 29.8 Å². The minimum Gasteiger partial charge on any atom is -0.322 e. The molecule has 2 heterocycles. The largest absolute Gasteiger partial charge is 0.322 e. The molecule has 0 saturated heterocycles. The van der Waals surface area contributed by atoms with Crippen LogP contribution in [0.4, 0.5) is 15.8 Å². The number of benzene rings is 2. The molecule has 3 aromatic rings. The average molecular weight is 467 g/mol.